The van der Waals surface area contributed by atoms with Crippen LogP contribution in [-0.2, 0) is 0 Å². The quantitative estimate of drug-likeness (QED) is 0.776. The van der Waals surface area contributed by atoms with Crippen molar-refractivity contribution >= 4 is 23.4 Å². The molecule has 0 bridgehead atoms. The van der Waals surface area contributed by atoms with Gasteiger partial charge in [-0.2, -0.15) is 11.8 Å². The lowest BCUT2D eigenvalue weighted by Crippen LogP contribution is -2.24. The first-order valence-corrected chi connectivity index (χ1v) is 7.90. The molecule has 0 aliphatic rings. The fourth-order valence-corrected chi connectivity index (χ4v) is 2.74. The smallest absolute Gasteiger partial charge is 0.123 e. The van der Waals surface area contributed by atoms with Crippen molar-refractivity contribution in [1.82, 2.24) is 5.32 Å². The maximum Gasteiger partial charge on any atom is 0.123 e. The van der Waals surface area contributed by atoms with Gasteiger partial charge in [0.05, 0.1) is 7.11 Å². The number of methoxy groups -OCH3 is 1. The topological polar surface area (TPSA) is 21.3 Å². The highest BCUT2D eigenvalue weighted by Gasteiger charge is 2.15. The summed E-state index contributed by atoms with van der Waals surface area (Å²) in [5.74, 6) is 3.06. The van der Waals surface area contributed by atoms with Crippen LogP contribution in [0.5, 0.6) is 5.75 Å². The second-order valence-electron chi connectivity index (χ2n) is 4.05. The van der Waals surface area contributed by atoms with Crippen LogP contribution in [0, 0.1) is 0 Å². The number of halogens is 1. The van der Waals surface area contributed by atoms with Crippen molar-refractivity contribution in [2.45, 2.75) is 26.3 Å². The van der Waals surface area contributed by atoms with Crippen molar-refractivity contribution in [3.63, 3.8) is 0 Å². The zero-order valence-corrected chi connectivity index (χ0v) is 12.9. The fourth-order valence-electron chi connectivity index (χ4n) is 1.79. The van der Waals surface area contributed by atoms with Crippen molar-refractivity contribution in [1.29, 1.82) is 0 Å². The largest absolute Gasteiger partial charge is 0.496 e. The SMILES string of the molecule is CCCNC(CSCC)c1cc(Cl)ccc1OC. The molecule has 0 amide bonds. The number of ether oxygens (including phenoxy) is 1. The highest BCUT2D eigenvalue weighted by molar-refractivity contribution is 7.99. The molecule has 1 aromatic rings. The molecule has 0 spiro atoms. The Kier molecular flexibility index (Phi) is 7.56. The molecule has 1 aromatic carbocycles. The number of benzene rings is 1. The van der Waals surface area contributed by atoms with Crippen molar-refractivity contribution in [3.05, 3.63) is 28.8 Å². The molecule has 1 unspecified atom stereocenters. The number of rotatable bonds is 8. The molecule has 1 rings (SSSR count). The third-order valence-electron chi connectivity index (χ3n) is 2.70. The van der Waals surface area contributed by atoms with Gasteiger partial charge in [0.2, 0.25) is 0 Å². The Morgan fingerprint density at radius 1 is 1.39 bits per heavy atom. The first-order chi connectivity index (χ1) is 8.72. The summed E-state index contributed by atoms with van der Waals surface area (Å²) in [4.78, 5) is 0. The first-order valence-electron chi connectivity index (χ1n) is 6.37. The molecule has 18 heavy (non-hydrogen) atoms. The predicted molar refractivity (Wildman–Crippen MR) is 82.0 cm³/mol. The summed E-state index contributed by atoms with van der Waals surface area (Å²) < 4.78 is 5.43. The van der Waals surface area contributed by atoms with Crippen LogP contribution in [0.4, 0.5) is 0 Å². The molecule has 0 saturated heterocycles. The molecule has 0 saturated carbocycles. The molecule has 0 aromatic heterocycles. The van der Waals surface area contributed by atoms with E-state index in [9.17, 15) is 0 Å². The summed E-state index contributed by atoms with van der Waals surface area (Å²) in [7, 11) is 1.70. The van der Waals surface area contributed by atoms with Crippen molar-refractivity contribution in [2.24, 2.45) is 0 Å². The van der Waals surface area contributed by atoms with Gasteiger partial charge in [-0.15, -0.1) is 0 Å². The van der Waals surface area contributed by atoms with Gasteiger partial charge in [0, 0.05) is 22.4 Å². The average molecular weight is 288 g/mol. The summed E-state index contributed by atoms with van der Waals surface area (Å²) in [5.41, 5.74) is 1.15. The monoisotopic (exact) mass is 287 g/mol. The summed E-state index contributed by atoms with van der Waals surface area (Å²) in [6.45, 7) is 5.35. The van der Waals surface area contributed by atoms with Crippen LogP contribution >= 0.6 is 23.4 Å². The molecular weight excluding hydrogens is 266 g/mol. The number of hydrogen-bond donors (Lipinski definition) is 1. The van der Waals surface area contributed by atoms with Gasteiger partial charge in [-0.05, 0) is 36.9 Å². The maximum absolute atomic E-state index is 6.10. The predicted octanol–water partition coefficient (Wildman–Crippen LogP) is 4.14. The van der Waals surface area contributed by atoms with Gasteiger partial charge >= 0.3 is 0 Å². The number of nitrogens with one attached hydrogen (secondary N) is 1. The molecule has 2 nitrogen and oxygen atoms in total. The molecular formula is C14H22ClNOS. The summed E-state index contributed by atoms with van der Waals surface area (Å²) >= 11 is 8.02. The lowest BCUT2D eigenvalue weighted by molar-refractivity contribution is 0.402. The molecule has 0 heterocycles. The van der Waals surface area contributed by atoms with E-state index in [0.717, 1.165) is 40.8 Å². The second kappa shape index (κ2) is 8.68. The van der Waals surface area contributed by atoms with Gasteiger partial charge in [-0.25, -0.2) is 0 Å². The first kappa shape index (κ1) is 15.7. The van der Waals surface area contributed by atoms with Crippen LogP contribution in [0.25, 0.3) is 0 Å². The van der Waals surface area contributed by atoms with Gasteiger partial charge in [0.25, 0.3) is 0 Å². The lowest BCUT2D eigenvalue weighted by Gasteiger charge is -2.21. The van der Waals surface area contributed by atoms with Gasteiger partial charge in [-0.1, -0.05) is 25.4 Å². The third-order valence-corrected chi connectivity index (χ3v) is 3.91. The van der Waals surface area contributed by atoms with Crippen molar-refractivity contribution in [3.8, 4) is 5.75 Å². The fraction of sp³-hybridized carbons (Fsp3) is 0.571. The highest BCUT2D eigenvalue weighted by Crippen LogP contribution is 2.30. The Balaban J connectivity index is 2.90. The van der Waals surface area contributed by atoms with Crippen LogP contribution in [0.15, 0.2) is 18.2 Å². The Morgan fingerprint density at radius 3 is 2.78 bits per heavy atom. The van der Waals surface area contributed by atoms with E-state index in [2.05, 4.69) is 19.2 Å². The van der Waals surface area contributed by atoms with Crippen molar-refractivity contribution < 1.29 is 4.74 Å². The van der Waals surface area contributed by atoms with Crippen LogP contribution in [-0.4, -0.2) is 25.2 Å². The minimum absolute atomic E-state index is 0.295. The summed E-state index contributed by atoms with van der Waals surface area (Å²) in [6.07, 6.45) is 1.12. The van der Waals surface area contributed by atoms with Crippen LogP contribution in [0.2, 0.25) is 5.02 Å². The summed E-state index contributed by atoms with van der Waals surface area (Å²) in [5, 5.41) is 4.32. The minimum Gasteiger partial charge on any atom is -0.496 e. The Hall–Kier alpha value is -0.380. The Labute approximate surface area is 119 Å². The van der Waals surface area contributed by atoms with Gasteiger partial charge in [0.1, 0.15) is 5.75 Å². The molecule has 0 aliphatic heterocycles. The van der Waals surface area contributed by atoms with Gasteiger partial charge in [-0.3, -0.25) is 0 Å². The second-order valence-corrected chi connectivity index (χ2v) is 5.81. The van der Waals surface area contributed by atoms with Gasteiger partial charge in [0.15, 0.2) is 0 Å². The molecule has 4 heteroatoms. The van der Waals surface area contributed by atoms with E-state index in [-0.39, 0.29) is 0 Å². The number of thioether (sulfide) groups is 1. The van der Waals surface area contributed by atoms with E-state index in [1.54, 1.807) is 7.11 Å². The van der Waals surface area contributed by atoms with E-state index in [0.29, 0.717) is 6.04 Å². The molecule has 0 radical (unpaired) electrons. The molecule has 0 fully saturated rings. The molecule has 102 valence electrons. The summed E-state index contributed by atoms with van der Waals surface area (Å²) in [6, 6.07) is 6.11. The number of hydrogen-bond acceptors (Lipinski definition) is 3. The maximum atomic E-state index is 6.10. The Morgan fingerprint density at radius 2 is 2.17 bits per heavy atom. The highest BCUT2D eigenvalue weighted by atomic mass is 35.5. The molecule has 1 N–H and O–H groups in total. The molecule has 1 atom stereocenters. The van der Waals surface area contributed by atoms with E-state index < -0.39 is 0 Å². The van der Waals surface area contributed by atoms with Crippen LogP contribution in [0.3, 0.4) is 0 Å². The van der Waals surface area contributed by atoms with E-state index in [1.807, 2.05) is 30.0 Å². The zero-order chi connectivity index (χ0) is 13.4. The standard InChI is InChI=1S/C14H22ClNOS/c1-4-8-16-13(10-18-5-2)12-9-11(15)6-7-14(12)17-3/h6-7,9,13,16H,4-5,8,10H2,1-3H3. The normalized spacial score (nSPS) is 12.4. The lowest BCUT2D eigenvalue weighted by atomic mass is 10.1. The van der Waals surface area contributed by atoms with E-state index in [4.69, 9.17) is 16.3 Å². The van der Waals surface area contributed by atoms with Crippen molar-refractivity contribution in [2.75, 3.05) is 25.2 Å². The molecule has 0 aliphatic carbocycles. The van der Waals surface area contributed by atoms with Gasteiger partial charge < -0.3 is 10.1 Å². The van der Waals surface area contributed by atoms with Crippen LogP contribution in [0.1, 0.15) is 31.9 Å². The average Bonchev–Trinajstić information content (AvgIpc) is 2.39. The Bertz CT molecular complexity index is 352. The van der Waals surface area contributed by atoms with E-state index in [1.165, 1.54) is 0 Å². The minimum atomic E-state index is 0.295. The third kappa shape index (κ3) is 4.71. The van der Waals surface area contributed by atoms with Crippen LogP contribution < -0.4 is 10.1 Å². The van der Waals surface area contributed by atoms with E-state index >= 15 is 0 Å². The zero-order valence-electron chi connectivity index (χ0n) is 11.3.